The van der Waals surface area contributed by atoms with Crippen LogP contribution in [0.4, 0.5) is 9.93 Å². The zero-order valence-corrected chi connectivity index (χ0v) is 16.1. The van der Waals surface area contributed by atoms with Crippen molar-refractivity contribution in [1.29, 1.82) is 0 Å². The number of nitrogens with zero attached hydrogens (tertiary/aromatic N) is 2. The Morgan fingerprint density at radius 3 is 2.58 bits per heavy atom. The van der Waals surface area contributed by atoms with Gasteiger partial charge in [0.1, 0.15) is 12.1 Å². The zero-order valence-electron chi connectivity index (χ0n) is 15.3. The number of imide groups is 1. The van der Waals surface area contributed by atoms with Gasteiger partial charge in [-0.15, -0.1) is 0 Å². The van der Waals surface area contributed by atoms with E-state index >= 15 is 0 Å². The summed E-state index contributed by atoms with van der Waals surface area (Å²) in [7, 11) is 0. The number of urea groups is 1. The number of anilines is 1. The summed E-state index contributed by atoms with van der Waals surface area (Å²) >= 11 is 1.38. The predicted molar refractivity (Wildman–Crippen MR) is 101 cm³/mol. The minimum absolute atomic E-state index is 0.319. The Bertz CT molecular complexity index is 901. The molecule has 7 nitrogen and oxygen atoms in total. The number of aryl methyl sites for hydroxylation is 2. The van der Waals surface area contributed by atoms with Gasteiger partial charge in [0, 0.05) is 0 Å². The maximum Gasteiger partial charge on any atom is 0.325 e. The average molecular weight is 374 g/mol. The highest BCUT2D eigenvalue weighted by Gasteiger charge is 2.49. The predicted octanol–water partition coefficient (Wildman–Crippen LogP) is 2.96. The van der Waals surface area contributed by atoms with E-state index in [1.54, 1.807) is 0 Å². The molecule has 0 bridgehead atoms. The Morgan fingerprint density at radius 1 is 1.27 bits per heavy atom. The summed E-state index contributed by atoms with van der Waals surface area (Å²) in [4.78, 5) is 42.5. The quantitative estimate of drug-likeness (QED) is 0.787. The third-order valence-electron chi connectivity index (χ3n) is 4.83. The average Bonchev–Trinajstić information content (AvgIpc) is 3.08. The molecule has 2 heterocycles. The molecule has 1 fully saturated rings. The third-order valence-corrected chi connectivity index (χ3v) is 5.75. The molecule has 4 amide bonds. The first-order valence-electron chi connectivity index (χ1n) is 8.61. The standard InChI is InChI=1S/C18H22N4O3S/c1-5-18(6-2)15(24)22(17(25)21-18)9-13(23)19-16-20-14-11(4)7-10(3)8-12(14)26-16/h7-8H,5-6,9H2,1-4H3,(H,21,25)(H,19,20,23). The molecule has 1 saturated heterocycles. The van der Waals surface area contributed by atoms with Gasteiger partial charge in [0.25, 0.3) is 5.91 Å². The first-order valence-corrected chi connectivity index (χ1v) is 9.43. The SMILES string of the molecule is CCC1(CC)NC(=O)N(CC(=O)Nc2nc3c(C)cc(C)cc3s2)C1=O. The number of benzene rings is 1. The molecule has 8 heteroatoms. The van der Waals surface area contributed by atoms with Crippen LogP contribution < -0.4 is 10.6 Å². The van der Waals surface area contributed by atoms with Gasteiger partial charge < -0.3 is 10.6 Å². The smallest absolute Gasteiger partial charge is 0.323 e. The zero-order chi connectivity index (χ0) is 19.1. The molecule has 0 saturated carbocycles. The van der Waals surface area contributed by atoms with Crippen molar-refractivity contribution in [3.63, 3.8) is 0 Å². The fraction of sp³-hybridized carbons (Fsp3) is 0.444. The molecule has 1 aromatic carbocycles. The van der Waals surface area contributed by atoms with Crippen LogP contribution >= 0.6 is 11.3 Å². The van der Waals surface area contributed by atoms with Crippen LogP contribution in [0.15, 0.2) is 12.1 Å². The fourth-order valence-corrected chi connectivity index (χ4v) is 4.33. The lowest BCUT2D eigenvalue weighted by molar-refractivity contribution is -0.134. The van der Waals surface area contributed by atoms with Crippen LogP contribution in [0.3, 0.4) is 0 Å². The van der Waals surface area contributed by atoms with Crippen molar-refractivity contribution < 1.29 is 14.4 Å². The van der Waals surface area contributed by atoms with Gasteiger partial charge in [0.05, 0.1) is 10.2 Å². The molecule has 0 spiro atoms. The third kappa shape index (κ3) is 3.05. The summed E-state index contributed by atoms with van der Waals surface area (Å²) in [6.07, 6.45) is 0.978. The Kier molecular flexibility index (Phi) is 4.70. The van der Waals surface area contributed by atoms with Crippen molar-refractivity contribution >= 4 is 44.5 Å². The summed E-state index contributed by atoms with van der Waals surface area (Å²) in [6.45, 7) is 7.35. The molecule has 2 aromatic rings. The van der Waals surface area contributed by atoms with Crippen molar-refractivity contribution in [3.05, 3.63) is 23.3 Å². The Morgan fingerprint density at radius 2 is 1.96 bits per heavy atom. The van der Waals surface area contributed by atoms with Crippen molar-refractivity contribution in [3.8, 4) is 0 Å². The highest BCUT2D eigenvalue weighted by Crippen LogP contribution is 2.29. The Balaban J connectivity index is 1.74. The van der Waals surface area contributed by atoms with Gasteiger partial charge in [-0.2, -0.15) is 0 Å². The van der Waals surface area contributed by atoms with E-state index in [1.165, 1.54) is 11.3 Å². The first-order chi connectivity index (χ1) is 12.3. The summed E-state index contributed by atoms with van der Waals surface area (Å²) in [6, 6.07) is 3.53. The van der Waals surface area contributed by atoms with Gasteiger partial charge in [-0.3, -0.25) is 14.5 Å². The Hall–Kier alpha value is -2.48. The normalized spacial score (nSPS) is 16.2. The second kappa shape index (κ2) is 6.68. The number of carbonyl (C=O) groups is 3. The van der Waals surface area contributed by atoms with E-state index in [9.17, 15) is 14.4 Å². The molecule has 0 radical (unpaired) electrons. The van der Waals surface area contributed by atoms with Crippen molar-refractivity contribution in [2.75, 3.05) is 11.9 Å². The van der Waals surface area contributed by atoms with Gasteiger partial charge in [-0.1, -0.05) is 31.3 Å². The van der Waals surface area contributed by atoms with E-state index in [1.807, 2.05) is 39.8 Å². The lowest BCUT2D eigenvalue weighted by Crippen LogP contribution is -2.46. The number of nitrogens with one attached hydrogen (secondary N) is 2. The molecule has 26 heavy (non-hydrogen) atoms. The summed E-state index contributed by atoms with van der Waals surface area (Å²) < 4.78 is 0.990. The Labute approximate surface area is 155 Å². The van der Waals surface area contributed by atoms with E-state index in [-0.39, 0.29) is 12.5 Å². The van der Waals surface area contributed by atoms with Crippen LogP contribution in [0, 0.1) is 13.8 Å². The van der Waals surface area contributed by atoms with Gasteiger partial charge in [0.15, 0.2) is 5.13 Å². The number of fused-ring (bicyclic) bond motifs is 1. The fourth-order valence-electron chi connectivity index (χ4n) is 3.28. The van der Waals surface area contributed by atoms with Crippen LogP contribution in [0.1, 0.15) is 37.8 Å². The summed E-state index contributed by atoms with van der Waals surface area (Å²) in [5, 5.41) is 5.88. The molecule has 2 N–H and O–H groups in total. The number of thiazole rings is 1. The van der Waals surface area contributed by atoms with E-state index in [0.29, 0.717) is 18.0 Å². The van der Waals surface area contributed by atoms with Crippen molar-refractivity contribution in [1.82, 2.24) is 15.2 Å². The molecule has 0 aliphatic carbocycles. The van der Waals surface area contributed by atoms with E-state index in [2.05, 4.69) is 15.6 Å². The first kappa shape index (κ1) is 18.3. The topological polar surface area (TPSA) is 91.4 Å². The minimum Gasteiger partial charge on any atom is -0.323 e. The van der Waals surface area contributed by atoms with Crippen molar-refractivity contribution in [2.45, 2.75) is 46.1 Å². The van der Waals surface area contributed by atoms with Gasteiger partial charge in [0.2, 0.25) is 5.91 Å². The molecule has 1 aliphatic rings. The number of hydrogen-bond acceptors (Lipinski definition) is 5. The number of carbonyl (C=O) groups excluding carboxylic acids is 3. The van der Waals surface area contributed by atoms with Gasteiger partial charge in [-0.25, -0.2) is 9.78 Å². The number of hydrogen-bond donors (Lipinski definition) is 2. The van der Waals surface area contributed by atoms with Crippen LogP contribution in [0.2, 0.25) is 0 Å². The van der Waals surface area contributed by atoms with E-state index < -0.39 is 17.5 Å². The van der Waals surface area contributed by atoms with E-state index in [4.69, 9.17) is 0 Å². The molecule has 138 valence electrons. The molecule has 0 atom stereocenters. The lowest BCUT2D eigenvalue weighted by Gasteiger charge is -2.22. The van der Waals surface area contributed by atoms with Gasteiger partial charge in [-0.05, 0) is 43.9 Å². The molecular weight excluding hydrogens is 352 g/mol. The van der Waals surface area contributed by atoms with Crippen LogP contribution in [0.25, 0.3) is 10.2 Å². The monoisotopic (exact) mass is 374 g/mol. The van der Waals surface area contributed by atoms with Crippen molar-refractivity contribution in [2.24, 2.45) is 0 Å². The minimum atomic E-state index is -0.901. The molecule has 3 rings (SSSR count). The van der Waals surface area contributed by atoms with Crippen LogP contribution in [-0.2, 0) is 9.59 Å². The lowest BCUT2D eigenvalue weighted by atomic mass is 9.93. The summed E-state index contributed by atoms with van der Waals surface area (Å²) in [5.74, 6) is -0.789. The van der Waals surface area contributed by atoms with Crippen LogP contribution in [-0.4, -0.2) is 39.8 Å². The maximum atomic E-state index is 12.6. The van der Waals surface area contributed by atoms with Gasteiger partial charge >= 0.3 is 6.03 Å². The summed E-state index contributed by atoms with van der Waals surface area (Å²) in [5.41, 5.74) is 2.12. The molecule has 1 aliphatic heterocycles. The largest absolute Gasteiger partial charge is 0.325 e. The number of aromatic nitrogens is 1. The van der Waals surface area contributed by atoms with E-state index in [0.717, 1.165) is 26.2 Å². The number of rotatable bonds is 5. The van der Waals surface area contributed by atoms with Crippen LogP contribution in [0.5, 0.6) is 0 Å². The maximum absolute atomic E-state index is 12.6. The highest BCUT2D eigenvalue weighted by molar-refractivity contribution is 7.22. The second-order valence-corrected chi connectivity index (χ2v) is 7.64. The number of amides is 4. The second-order valence-electron chi connectivity index (χ2n) is 6.61. The highest BCUT2D eigenvalue weighted by atomic mass is 32.1. The molecule has 0 unspecified atom stereocenters. The molecule has 1 aromatic heterocycles. The molecular formula is C18H22N4O3S.